The van der Waals surface area contributed by atoms with Gasteiger partial charge in [-0.3, -0.25) is 4.79 Å². The number of ether oxygens (including phenoxy) is 1. The first-order valence-electron chi connectivity index (χ1n) is 10.4. The summed E-state index contributed by atoms with van der Waals surface area (Å²) in [5.74, 6) is 0.460. The molecule has 1 N–H and O–H groups in total. The molecule has 3 heterocycles. The first-order chi connectivity index (χ1) is 14.2. The topological polar surface area (TPSA) is 43.3 Å². The van der Waals surface area contributed by atoms with Gasteiger partial charge < -0.3 is 14.6 Å². The molecule has 0 bridgehead atoms. The molecule has 0 spiro atoms. The Morgan fingerprint density at radius 3 is 2.69 bits per heavy atom. The van der Waals surface area contributed by atoms with Crippen LogP contribution in [0.4, 0.5) is 0 Å². The van der Waals surface area contributed by atoms with Gasteiger partial charge in [0.05, 0.1) is 41.4 Å². The van der Waals surface area contributed by atoms with E-state index in [-0.39, 0.29) is 18.0 Å². The van der Waals surface area contributed by atoms with Crippen molar-refractivity contribution >= 4 is 39.7 Å². The van der Waals surface area contributed by atoms with E-state index in [9.17, 15) is 4.79 Å². The third kappa shape index (κ3) is 3.60. The summed E-state index contributed by atoms with van der Waals surface area (Å²) in [4.78, 5) is 14.7. The summed E-state index contributed by atoms with van der Waals surface area (Å²) in [6.07, 6.45) is 8.10. The first kappa shape index (κ1) is 19.2. The van der Waals surface area contributed by atoms with Gasteiger partial charge in [0.2, 0.25) is 0 Å². The number of rotatable bonds is 5. The van der Waals surface area contributed by atoms with Crippen molar-refractivity contribution in [3.05, 3.63) is 57.4 Å². The van der Waals surface area contributed by atoms with E-state index in [2.05, 4.69) is 27.4 Å². The molecule has 1 aliphatic carbocycles. The molecule has 3 aromatic rings. The summed E-state index contributed by atoms with van der Waals surface area (Å²) in [6.45, 7) is 1.36. The molecule has 6 heteroatoms. The molecule has 1 aliphatic heterocycles. The molecular weight excluding hydrogens is 404 g/mol. The SMILES string of the molecule is O=C(NC(c1cccs1)C1CCCCC1)c1cn(C2COC2)c2cccc(Cl)c12. The molecule has 1 aromatic carbocycles. The quantitative estimate of drug-likeness (QED) is 0.543. The molecule has 0 radical (unpaired) electrons. The number of nitrogens with one attached hydrogen (secondary N) is 1. The Labute approximate surface area is 179 Å². The fourth-order valence-corrected chi connectivity index (χ4v) is 5.84. The molecule has 1 saturated carbocycles. The van der Waals surface area contributed by atoms with Gasteiger partial charge in [0.1, 0.15) is 0 Å². The summed E-state index contributed by atoms with van der Waals surface area (Å²) in [5, 5.41) is 6.94. The van der Waals surface area contributed by atoms with Crippen molar-refractivity contribution < 1.29 is 9.53 Å². The number of hydrogen-bond donors (Lipinski definition) is 1. The lowest BCUT2D eigenvalue weighted by Gasteiger charge is -2.30. The van der Waals surface area contributed by atoms with Gasteiger partial charge in [-0.2, -0.15) is 0 Å². The van der Waals surface area contributed by atoms with Crippen LogP contribution < -0.4 is 5.32 Å². The second kappa shape index (κ2) is 8.13. The number of thiophene rings is 1. The number of hydrogen-bond acceptors (Lipinski definition) is 3. The Balaban J connectivity index is 1.50. The Bertz CT molecular complexity index is 1000. The molecule has 5 rings (SSSR count). The van der Waals surface area contributed by atoms with Gasteiger partial charge in [-0.15, -0.1) is 11.3 Å². The van der Waals surface area contributed by atoms with E-state index in [1.807, 2.05) is 24.4 Å². The lowest BCUT2D eigenvalue weighted by Crippen LogP contribution is -2.34. The smallest absolute Gasteiger partial charge is 0.254 e. The van der Waals surface area contributed by atoms with Crippen molar-refractivity contribution in [2.24, 2.45) is 5.92 Å². The van der Waals surface area contributed by atoms with Crippen molar-refractivity contribution in [1.29, 1.82) is 0 Å². The summed E-state index contributed by atoms with van der Waals surface area (Å²) < 4.78 is 7.53. The normalized spacial score (nSPS) is 19.2. The van der Waals surface area contributed by atoms with E-state index in [1.54, 1.807) is 11.3 Å². The lowest BCUT2D eigenvalue weighted by molar-refractivity contribution is -0.0214. The van der Waals surface area contributed by atoms with E-state index in [4.69, 9.17) is 16.3 Å². The number of fused-ring (bicyclic) bond motifs is 1. The molecule has 152 valence electrons. The largest absolute Gasteiger partial charge is 0.377 e. The number of halogens is 1. The van der Waals surface area contributed by atoms with Crippen molar-refractivity contribution in [2.75, 3.05) is 13.2 Å². The first-order valence-corrected chi connectivity index (χ1v) is 11.7. The molecule has 29 heavy (non-hydrogen) atoms. The Morgan fingerprint density at radius 1 is 1.17 bits per heavy atom. The standard InChI is InChI=1S/C23H25ClN2O2S/c24-18-8-4-9-19-21(18)17(12-26(19)16-13-28-14-16)23(27)25-22(20-10-5-11-29-20)15-6-2-1-3-7-15/h4-5,8-12,15-16,22H,1-3,6-7,13-14H2,(H,25,27). The van der Waals surface area contributed by atoms with Gasteiger partial charge in [-0.05, 0) is 42.3 Å². The maximum absolute atomic E-state index is 13.5. The third-order valence-electron chi connectivity index (χ3n) is 6.32. The second-order valence-corrected chi connectivity index (χ2v) is 9.53. The maximum atomic E-state index is 13.5. The van der Waals surface area contributed by atoms with Crippen LogP contribution in [0.2, 0.25) is 5.02 Å². The van der Waals surface area contributed by atoms with E-state index in [0.29, 0.717) is 29.7 Å². The lowest BCUT2D eigenvalue weighted by atomic mass is 9.83. The second-order valence-electron chi connectivity index (χ2n) is 8.14. The maximum Gasteiger partial charge on any atom is 0.254 e. The molecule has 2 fully saturated rings. The fraction of sp³-hybridized carbons (Fsp3) is 0.435. The zero-order valence-corrected chi connectivity index (χ0v) is 17.8. The Hall–Kier alpha value is -1.82. The molecule has 1 atom stereocenters. The summed E-state index contributed by atoms with van der Waals surface area (Å²) in [6, 6.07) is 10.4. The van der Waals surface area contributed by atoms with Crippen LogP contribution >= 0.6 is 22.9 Å². The molecule has 4 nitrogen and oxygen atoms in total. The zero-order valence-electron chi connectivity index (χ0n) is 16.3. The fourth-order valence-electron chi connectivity index (χ4n) is 4.70. The number of carbonyl (C=O) groups excluding carboxylic acids is 1. The molecule has 2 aromatic heterocycles. The Kier molecular flexibility index (Phi) is 5.37. The van der Waals surface area contributed by atoms with Crippen LogP contribution in [0.1, 0.15) is 59.4 Å². The van der Waals surface area contributed by atoms with E-state index < -0.39 is 0 Å². The van der Waals surface area contributed by atoms with Crippen LogP contribution in [0.25, 0.3) is 10.9 Å². The van der Waals surface area contributed by atoms with Crippen LogP contribution in [0.15, 0.2) is 41.9 Å². The van der Waals surface area contributed by atoms with Gasteiger partial charge in [-0.25, -0.2) is 0 Å². The van der Waals surface area contributed by atoms with Crippen molar-refractivity contribution in [3.63, 3.8) is 0 Å². The summed E-state index contributed by atoms with van der Waals surface area (Å²) in [5.41, 5.74) is 1.66. The van der Waals surface area contributed by atoms with Crippen LogP contribution in [-0.4, -0.2) is 23.7 Å². The van der Waals surface area contributed by atoms with Crippen LogP contribution in [0.5, 0.6) is 0 Å². The van der Waals surface area contributed by atoms with Gasteiger partial charge in [0, 0.05) is 16.5 Å². The van der Waals surface area contributed by atoms with Gasteiger partial charge in [0.25, 0.3) is 5.91 Å². The number of nitrogens with zero attached hydrogens (tertiary/aromatic N) is 1. The summed E-state index contributed by atoms with van der Waals surface area (Å²) in [7, 11) is 0. The molecular formula is C23H25ClN2O2S. The minimum atomic E-state index is -0.0361. The highest BCUT2D eigenvalue weighted by atomic mass is 35.5. The predicted octanol–water partition coefficient (Wildman–Crippen LogP) is 5.98. The molecule has 1 unspecified atom stereocenters. The van der Waals surface area contributed by atoms with E-state index in [0.717, 1.165) is 10.9 Å². The monoisotopic (exact) mass is 428 g/mol. The molecule has 1 amide bonds. The highest BCUT2D eigenvalue weighted by Crippen LogP contribution is 2.38. The summed E-state index contributed by atoms with van der Waals surface area (Å²) >= 11 is 8.28. The zero-order chi connectivity index (χ0) is 19.8. The van der Waals surface area contributed by atoms with E-state index >= 15 is 0 Å². The Morgan fingerprint density at radius 2 is 2.00 bits per heavy atom. The van der Waals surface area contributed by atoms with Gasteiger partial charge in [0.15, 0.2) is 0 Å². The highest BCUT2D eigenvalue weighted by molar-refractivity contribution is 7.10. The van der Waals surface area contributed by atoms with Crippen LogP contribution in [0, 0.1) is 5.92 Å². The van der Waals surface area contributed by atoms with Crippen molar-refractivity contribution in [2.45, 2.75) is 44.2 Å². The van der Waals surface area contributed by atoms with Crippen molar-refractivity contribution in [3.8, 4) is 0 Å². The average Bonchev–Trinajstić information content (AvgIpc) is 3.35. The number of carbonyl (C=O) groups is 1. The minimum Gasteiger partial charge on any atom is -0.377 e. The minimum absolute atomic E-state index is 0.0361. The highest BCUT2D eigenvalue weighted by Gasteiger charge is 2.30. The van der Waals surface area contributed by atoms with Crippen LogP contribution in [0.3, 0.4) is 0 Å². The predicted molar refractivity (Wildman–Crippen MR) is 118 cm³/mol. The average molecular weight is 429 g/mol. The van der Waals surface area contributed by atoms with Gasteiger partial charge in [-0.1, -0.05) is 43.0 Å². The third-order valence-corrected chi connectivity index (χ3v) is 7.59. The number of benzene rings is 1. The number of aromatic nitrogens is 1. The van der Waals surface area contributed by atoms with Crippen LogP contribution in [-0.2, 0) is 4.74 Å². The van der Waals surface area contributed by atoms with Gasteiger partial charge >= 0.3 is 0 Å². The van der Waals surface area contributed by atoms with E-state index in [1.165, 1.54) is 37.0 Å². The molecule has 1 saturated heterocycles. The molecule has 2 aliphatic rings. The van der Waals surface area contributed by atoms with Crippen molar-refractivity contribution in [1.82, 2.24) is 9.88 Å². The number of amides is 1.